The normalized spacial score (nSPS) is 14.6. The Bertz CT molecular complexity index is 652. The number of ether oxygens (including phenoxy) is 1. The number of nitrogens with zero attached hydrogens (tertiary/aromatic N) is 1. The van der Waals surface area contributed by atoms with Crippen molar-refractivity contribution in [1.29, 1.82) is 0 Å². The molecular weight excluding hydrogens is 260 g/mol. The van der Waals surface area contributed by atoms with Crippen molar-refractivity contribution in [3.63, 3.8) is 0 Å². The number of aryl methyl sites for hydroxylation is 3. The number of aromatic nitrogens is 1. The number of fused-ring (bicyclic) bond motifs is 1. The summed E-state index contributed by atoms with van der Waals surface area (Å²) in [6.07, 6.45) is 2.95. The first-order valence-electron chi connectivity index (χ1n) is 7.58. The molecule has 0 bridgehead atoms. The largest absolute Gasteiger partial charge is 0.493 e. The van der Waals surface area contributed by atoms with Crippen LogP contribution in [0.5, 0.6) is 5.75 Å². The SMILES string of the molecule is Cc1ccc(C(N)CCc2ccc3c(c2)CCO3)c(C)n1. The molecule has 2 aromatic rings. The third-order valence-electron chi connectivity index (χ3n) is 4.16. The van der Waals surface area contributed by atoms with Gasteiger partial charge in [0.1, 0.15) is 5.75 Å². The molecule has 21 heavy (non-hydrogen) atoms. The second kappa shape index (κ2) is 5.86. The Morgan fingerprint density at radius 2 is 2.10 bits per heavy atom. The van der Waals surface area contributed by atoms with E-state index in [1.54, 1.807) is 0 Å². The van der Waals surface area contributed by atoms with Crippen LogP contribution in [0.2, 0.25) is 0 Å². The quantitative estimate of drug-likeness (QED) is 0.936. The van der Waals surface area contributed by atoms with E-state index in [0.717, 1.165) is 48.6 Å². The Morgan fingerprint density at radius 1 is 1.24 bits per heavy atom. The summed E-state index contributed by atoms with van der Waals surface area (Å²) < 4.78 is 5.54. The molecule has 0 saturated carbocycles. The van der Waals surface area contributed by atoms with E-state index in [1.165, 1.54) is 11.1 Å². The molecule has 2 heterocycles. The van der Waals surface area contributed by atoms with E-state index in [1.807, 2.05) is 19.9 Å². The summed E-state index contributed by atoms with van der Waals surface area (Å²) in [5, 5.41) is 0. The molecule has 1 aromatic heterocycles. The number of hydrogen-bond donors (Lipinski definition) is 1. The van der Waals surface area contributed by atoms with Crippen LogP contribution in [-0.4, -0.2) is 11.6 Å². The highest BCUT2D eigenvalue weighted by molar-refractivity contribution is 5.40. The van der Waals surface area contributed by atoms with Gasteiger partial charge in [0.05, 0.1) is 6.61 Å². The van der Waals surface area contributed by atoms with Gasteiger partial charge >= 0.3 is 0 Å². The van der Waals surface area contributed by atoms with Crippen molar-refractivity contribution in [2.45, 2.75) is 39.2 Å². The summed E-state index contributed by atoms with van der Waals surface area (Å²) in [4.78, 5) is 4.50. The van der Waals surface area contributed by atoms with E-state index in [2.05, 4.69) is 29.2 Å². The fourth-order valence-electron chi connectivity index (χ4n) is 2.96. The van der Waals surface area contributed by atoms with Crippen LogP contribution in [0.3, 0.4) is 0 Å². The zero-order chi connectivity index (χ0) is 14.8. The minimum atomic E-state index is 0.0441. The molecule has 0 spiro atoms. The average molecular weight is 282 g/mol. The lowest BCUT2D eigenvalue weighted by molar-refractivity contribution is 0.357. The van der Waals surface area contributed by atoms with Crippen LogP contribution >= 0.6 is 0 Å². The van der Waals surface area contributed by atoms with Gasteiger partial charge < -0.3 is 10.5 Å². The molecular formula is C18H22N2O. The zero-order valence-corrected chi connectivity index (χ0v) is 12.7. The molecule has 110 valence electrons. The fraction of sp³-hybridized carbons (Fsp3) is 0.389. The van der Waals surface area contributed by atoms with Gasteiger partial charge in [-0.05, 0) is 55.5 Å². The molecule has 0 amide bonds. The monoisotopic (exact) mass is 282 g/mol. The van der Waals surface area contributed by atoms with Crippen LogP contribution in [0.1, 0.15) is 40.5 Å². The van der Waals surface area contributed by atoms with Crippen molar-refractivity contribution < 1.29 is 4.74 Å². The van der Waals surface area contributed by atoms with Crippen molar-refractivity contribution in [2.75, 3.05) is 6.61 Å². The van der Waals surface area contributed by atoms with Gasteiger partial charge in [0, 0.05) is 23.9 Å². The Hall–Kier alpha value is -1.87. The second-order valence-electron chi connectivity index (χ2n) is 5.81. The lowest BCUT2D eigenvalue weighted by Gasteiger charge is -2.15. The van der Waals surface area contributed by atoms with Crippen LogP contribution < -0.4 is 10.5 Å². The Balaban J connectivity index is 1.67. The van der Waals surface area contributed by atoms with Crippen molar-refractivity contribution >= 4 is 0 Å². The second-order valence-corrected chi connectivity index (χ2v) is 5.81. The topological polar surface area (TPSA) is 48.1 Å². The van der Waals surface area contributed by atoms with E-state index < -0.39 is 0 Å². The van der Waals surface area contributed by atoms with Gasteiger partial charge in [-0.3, -0.25) is 4.98 Å². The maximum Gasteiger partial charge on any atom is 0.122 e. The lowest BCUT2D eigenvalue weighted by Crippen LogP contribution is -2.13. The van der Waals surface area contributed by atoms with E-state index in [4.69, 9.17) is 10.5 Å². The Morgan fingerprint density at radius 3 is 2.90 bits per heavy atom. The highest BCUT2D eigenvalue weighted by Gasteiger charge is 2.14. The van der Waals surface area contributed by atoms with Crippen LogP contribution in [0.4, 0.5) is 0 Å². The molecule has 0 saturated heterocycles. The summed E-state index contributed by atoms with van der Waals surface area (Å²) >= 11 is 0. The van der Waals surface area contributed by atoms with Gasteiger partial charge in [-0.15, -0.1) is 0 Å². The third kappa shape index (κ3) is 3.08. The minimum absolute atomic E-state index is 0.0441. The fourth-order valence-corrected chi connectivity index (χ4v) is 2.96. The van der Waals surface area contributed by atoms with Gasteiger partial charge in [-0.2, -0.15) is 0 Å². The number of hydrogen-bond acceptors (Lipinski definition) is 3. The number of benzene rings is 1. The first-order chi connectivity index (χ1) is 10.1. The van der Waals surface area contributed by atoms with E-state index >= 15 is 0 Å². The molecule has 3 nitrogen and oxygen atoms in total. The lowest BCUT2D eigenvalue weighted by atomic mass is 9.97. The van der Waals surface area contributed by atoms with Gasteiger partial charge in [-0.25, -0.2) is 0 Å². The van der Waals surface area contributed by atoms with Crippen molar-refractivity contribution in [3.05, 3.63) is 58.4 Å². The predicted molar refractivity (Wildman–Crippen MR) is 84.6 cm³/mol. The van der Waals surface area contributed by atoms with Crippen LogP contribution in [0.15, 0.2) is 30.3 Å². The molecule has 2 N–H and O–H groups in total. The summed E-state index contributed by atoms with van der Waals surface area (Å²) in [5.74, 6) is 1.04. The maximum atomic E-state index is 6.34. The minimum Gasteiger partial charge on any atom is -0.493 e. The first kappa shape index (κ1) is 14.1. The molecule has 1 unspecified atom stereocenters. The molecule has 1 aliphatic heterocycles. The first-order valence-corrected chi connectivity index (χ1v) is 7.58. The number of rotatable bonds is 4. The molecule has 0 radical (unpaired) electrons. The molecule has 1 aliphatic rings. The van der Waals surface area contributed by atoms with E-state index in [0.29, 0.717) is 0 Å². The van der Waals surface area contributed by atoms with Crippen molar-refractivity contribution in [2.24, 2.45) is 5.73 Å². The average Bonchev–Trinajstić information content (AvgIpc) is 2.92. The summed E-state index contributed by atoms with van der Waals surface area (Å²) in [5.41, 5.74) is 12.3. The van der Waals surface area contributed by atoms with Crippen LogP contribution in [-0.2, 0) is 12.8 Å². The predicted octanol–water partition coefficient (Wildman–Crippen LogP) is 3.27. The van der Waals surface area contributed by atoms with Crippen molar-refractivity contribution in [3.8, 4) is 5.75 Å². The Labute approximate surface area is 126 Å². The van der Waals surface area contributed by atoms with Crippen LogP contribution in [0.25, 0.3) is 0 Å². The summed E-state index contributed by atoms with van der Waals surface area (Å²) in [6.45, 7) is 4.86. The highest BCUT2D eigenvalue weighted by atomic mass is 16.5. The van der Waals surface area contributed by atoms with E-state index in [9.17, 15) is 0 Å². The molecule has 3 heteroatoms. The summed E-state index contributed by atoms with van der Waals surface area (Å²) in [6, 6.07) is 10.7. The van der Waals surface area contributed by atoms with Crippen LogP contribution in [0, 0.1) is 13.8 Å². The molecule has 3 rings (SSSR count). The van der Waals surface area contributed by atoms with Gasteiger partial charge in [0.15, 0.2) is 0 Å². The third-order valence-corrected chi connectivity index (χ3v) is 4.16. The van der Waals surface area contributed by atoms with Crippen molar-refractivity contribution in [1.82, 2.24) is 4.98 Å². The van der Waals surface area contributed by atoms with E-state index in [-0.39, 0.29) is 6.04 Å². The Kier molecular flexibility index (Phi) is 3.93. The molecule has 1 aromatic carbocycles. The zero-order valence-electron chi connectivity index (χ0n) is 12.7. The molecule has 1 atom stereocenters. The smallest absolute Gasteiger partial charge is 0.122 e. The highest BCUT2D eigenvalue weighted by Crippen LogP contribution is 2.27. The maximum absolute atomic E-state index is 6.34. The number of pyridine rings is 1. The summed E-state index contributed by atoms with van der Waals surface area (Å²) in [7, 11) is 0. The molecule has 0 aliphatic carbocycles. The number of nitrogens with two attached hydrogens (primary N) is 1. The standard InChI is InChI=1S/C18H22N2O/c1-12-3-6-16(13(2)20-12)17(19)7-4-14-5-8-18-15(11-14)9-10-21-18/h3,5-6,8,11,17H,4,7,9-10,19H2,1-2H3. The van der Waals surface area contributed by atoms with Gasteiger partial charge in [0.2, 0.25) is 0 Å². The molecule has 0 fully saturated rings. The van der Waals surface area contributed by atoms with Gasteiger partial charge in [-0.1, -0.05) is 18.2 Å². The van der Waals surface area contributed by atoms with Gasteiger partial charge in [0.25, 0.3) is 0 Å².